The van der Waals surface area contributed by atoms with Gasteiger partial charge in [0.05, 0.1) is 29.5 Å². The summed E-state index contributed by atoms with van der Waals surface area (Å²) in [5.41, 5.74) is 0.950. The van der Waals surface area contributed by atoms with E-state index in [-0.39, 0.29) is 45.4 Å². The van der Waals surface area contributed by atoms with Crippen molar-refractivity contribution in [2.75, 3.05) is 11.9 Å². The quantitative estimate of drug-likeness (QED) is 0.274. The van der Waals surface area contributed by atoms with Gasteiger partial charge in [0.1, 0.15) is 29.3 Å². The largest absolute Gasteiger partial charge is 0.435 e. The lowest BCUT2D eigenvalue weighted by molar-refractivity contribution is -0.115. The van der Waals surface area contributed by atoms with Gasteiger partial charge < -0.3 is 15.4 Å². The molecule has 0 atom stereocenters. The third-order valence-electron chi connectivity index (χ3n) is 7.45. The summed E-state index contributed by atoms with van der Waals surface area (Å²) < 4.78 is 71.1. The lowest BCUT2D eigenvalue weighted by atomic mass is 10.0. The Bertz CT molecular complexity index is 1980. The van der Waals surface area contributed by atoms with Crippen LogP contribution in [0.2, 0.25) is 0 Å². The van der Waals surface area contributed by atoms with Crippen molar-refractivity contribution in [1.82, 2.24) is 29.6 Å². The number of aromatic nitrogens is 5. The molecule has 1 spiro atoms. The van der Waals surface area contributed by atoms with Gasteiger partial charge in [0.25, 0.3) is 11.5 Å². The average Bonchev–Trinajstić information content (AvgIpc) is 3.58. The van der Waals surface area contributed by atoms with E-state index in [0.717, 1.165) is 23.6 Å². The summed E-state index contributed by atoms with van der Waals surface area (Å²) in [6, 6.07) is 11.6. The number of anilines is 1. The number of fused-ring (bicyclic) bond motifs is 4. The lowest BCUT2D eigenvalue weighted by Crippen LogP contribution is -2.46. The number of pyridine rings is 1. The number of benzene rings is 2. The maximum atomic E-state index is 14.0. The fraction of sp³-hybridized carbons (Fsp3) is 0.250. The Balaban J connectivity index is 1.38. The van der Waals surface area contributed by atoms with E-state index >= 15 is 0 Å². The highest BCUT2D eigenvalue weighted by molar-refractivity contribution is 6.07. The van der Waals surface area contributed by atoms with E-state index in [1.807, 2.05) is 0 Å². The molecule has 0 unspecified atom stereocenters. The van der Waals surface area contributed by atoms with Gasteiger partial charge in [-0.05, 0) is 60.9 Å². The van der Waals surface area contributed by atoms with Crippen molar-refractivity contribution < 1.29 is 31.5 Å². The number of halogens is 5. The fourth-order valence-electron chi connectivity index (χ4n) is 5.28. The molecule has 220 valence electrons. The summed E-state index contributed by atoms with van der Waals surface area (Å²) in [5.74, 6) is -0.639. The molecule has 1 saturated carbocycles. The molecule has 2 N–H and O–H groups in total. The van der Waals surface area contributed by atoms with Crippen LogP contribution in [-0.4, -0.2) is 55.1 Å². The highest BCUT2D eigenvalue weighted by Crippen LogP contribution is 2.41. The number of hydrogen-bond acceptors (Lipinski definition) is 7. The normalized spacial score (nSPS) is 15.6. The number of amides is 1. The minimum absolute atomic E-state index is 0.0680. The third kappa shape index (κ3) is 4.89. The molecule has 2 aromatic carbocycles. The molecule has 1 aliphatic heterocycles. The van der Waals surface area contributed by atoms with Crippen LogP contribution in [0.25, 0.3) is 38.9 Å². The Labute approximate surface area is 238 Å². The van der Waals surface area contributed by atoms with Crippen molar-refractivity contribution in [1.29, 1.82) is 0 Å². The molecule has 1 amide bonds. The number of carbonyl (C=O) groups is 1. The maximum Gasteiger partial charge on any atom is 0.405 e. The molecule has 0 bridgehead atoms. The van der Waals surface area contributed by atoms with Crippen molar-refractivity contribution in [2.24, 2.45) is 0 Å². The van der Waals surface area contributed by atoms with Gasteiger partial charge in [0.2, 0.25) is 0 Å². The first-order valence-electron chi connectivity index (χ1n) is 13.1. The van der Waals surface area contributed by atoms with Gasteiger partial charge in [-0.25, -0.2) is 9.97 Å². The number of alkyl halides is 5. The topological polar surface area (TPSA) is 116 Å². The standard InChI is InChI=1S/C28H20F5N7O3/c29-26(30)43-16-4-2-15(3-5-16)40-23-20(34-11-21(36-23)35-12-28(31,32)33)10-17(25(40)42)14-1-6-19-18(9-14)22-24(41)37-27(7-8-27)13-39(22)38-19/h1-6,9-11,26H,7-8,12-13H2,(H,35,36)(H,37,41). The minimum Gasteiger partial charge on any atom is -0.435 e. The van der Waals surface area contributed by atoms with Crippen molar-refractivity contribution in [3.63, 3.8) is 0 Å². The molecule has 10 nitrogen and oxygen atoms in total. The zero-order valence-electron chi connectivity index (χ0n) is 22.0. The SMILES string of the molecule is O=C1NC2(CC2)Cn2nc3ccc(-c4cc5ncc(NCC(F)(F)F)nc5n(-c5ccc(OC(F)F)cc5)c4=O)cc3c21. The van der Waals surface area contributed by atoms with Gasteiger partial charge in [-0.15, -0.1) is 0 Å². The Morgan fingerprint density at radius 1 is 1.05 bits per heavy atom. The van der Waals surface area contributed by atoms with E-state index in [4.69, 9.17) is 0 Å². The summed E-state index contributed by atoms with van der Waals surface area (Å²) in [4.78, 5) is 35.5. The number of ether oxygens (including phenoxy) is 1. The van der Waals surface area contributed by atoms with Crippen LogP contribution in [0.5, 0.6) is 5.75 Å². The predicted octanol–water partition coefficient (Wildman–Crippen LogP) is 4.65. The van der Waals surface area contributed by atoms with Crippen LogP contribution in [-0.2, 0) is 6.54 Å². The van der Waals surface area contributed by atoms with Crippen LogP contribution >= 0.6 is 0 Å². The Hall–Kier alpha value is -5.08. The molecule has 15 heteroatoms. The fourth-order valence-corrected chi connectivity index (χ4v) is 5.28. The molecule has 0 radical (unpaired) electrons. The number of nitrogens with one attached hydrogen (secondary N) is 2. The zero-order chi connectivity index (χ0) is 30.1. The molecule has 2 aliphatic rings. The minimum atomic E-state index is -4.53. The molecular formula is C28H20F5N7O3. The first kappa shape index (κ1) is 26.8. The third-order valence-corrected chi connectivity index (χ3v) is 7.45. The van der Waals surface area contributed by atoms with Crippen molar-refractivity contribution in [3.8, 4) is 22.6 Å². The smallest absolute Gasteiger partial charge is 0.405 e. The first-order valence-corrected chi connectivity index (χ1v) is 13.1. The van der Waals surface area contributed by atoms with Gasteiger partial charge in [-0.2, -0.15) is 27.1 Å². The second-order valence-electron chi connectivity index (χ2n) is 10.5. The molecular weight excluding hydrogens is 577 g/mol. The van der Waals surface area contributed by atoms with E-state index < -0.39 is 24.9 Å². The predicted molar refractivity (Wildman–Crippen MR) is 144 cm³/mol. The summed E-state index contributed by atoms with van der Waals surface area (Å²) in [6.07, 6.45) is -1.66. The van der Waals surface area contributed by atoms with Crippen molar-refractivity contribution >= 4 is 33.8 Å². The Morgan fingerprint density at radius 2 is 1.81 bits per heavy atom. The van der Waals surface area contributed by atoms with E-state index in [2.05, 4.69) is 30.4 Å². The highest BCUT2D eigenvalue weighted by Gasteiger charge is 2.48. The molecule has 1 fully saturated rings. The number of nitrogens with zero attached hydrogens (tertiary/aromatic N) is 5. The second-order valence-corrected chi connectivity index (χ2v) is 10.5. The highest BCUT2D eigenvalue weighted by atomic mass is 19.4. The number of carbonyl (C=O) groups excluding carboxylic acids is 1. The molecule has 4 heterocycles. The van der Waals surface area contributed by atoms with Crippen LogP contribution in [0.4, 0.5) is 27.8 Å². The van der Waals surface area contributed by atoms with Crippen LogP contribution < -0.4 is 20.9 Å². The first-order chi connectivity index (χ1) is 20.5. The van der Waals surface area contributed by atoms with Gasteiger partial charge in [0.15, 0.2) is 5.65 Å². The van der Waals surface area contributed by atoms with Crippen LogP contribution in [0, 0.1) is 0 Å². The van der Waals surface area contributed by atoms with E-state index in [1.54, 1.807) is 22.9 Å². The van der Waals surface area contributed by atoms with E-state index in [9.17, 15) is 31.5 Å². The Kier molecular flexibility index (Phi) is 5.90. The van der Waals surface area contributed by atoms with E-state index in [0.29, 0.717) is 28.7 Å². The van der Waals surface area contributed by atoms with Gasteiger partial charge in [0, 0.05) is 10.9 Å². The molecule has 5 aromatic rings. The monoisotopic (exact) mass is 597 g/mol. The molecule has 1 aliphatic carbocycles. The molecule has 7 rings (SSSR count). The van der Waals surface area contributed by atoms with Crippen molar-refractivity contribution in [2.45, 2.75) is 37.7 Å². The molecule has 3 aromatic heterocycles. The van der Waals surface area contributed by atoms with Crippen LogP contribution in [0.1, 0.15) is 23.3 Å². The van der Waals surface area contributed by atoms with Gasteiger partial charge in [-0.3, -0.25) is 18.8 Å². The second kappa shape index (κ2) is 9.47. The Morgan fingerprint density at radius 3 is 2.51 bits per heavy atom. The number of rotatable bonds is 6. The lowest BCUT2D eigenvalue weighted by Gasteiger charge is -2.24. The van der Waals surface area contributed by atoms with Crippen LogP contribution in [0.3, 0.4) is 0 Å². The van der Waals surface area contributed by atoms with Gasteiger partial charge >= 0.3 is 12.8 Å². The zero-order valence-corrected chi connectivity index (χ0v) is 22.0. The van der Waals surface area contributed by atoms with Crippen molar-refractivity contribution in [3.05, 3.63) is 70.8 Å². The summed E-state index contributed by atoms with van der Waals surface area (Å²) in [5, 5.41) is 10.3. The molecule has 0 saturated heterocycles. The van der Waals surface area contributed by atoms with E-state index in [1.165, 1.54) is 30.3 Å². The molecule has 43 heavy (non-hydrogen) atoms. The summed E-state index contributed by atoms with van der Waals surface area (Å²) >= 11 is 0. The maximum absolute atomic E-state index is 14.0. The summed E-state index contributed by atoms with van der Waals surface area (Å²) in [7, 11) is 0. The van der Waals surface area contributed by atoms with Gasteiger partial charge in [-0.1, -0.05) is 6.07 Å². The average molecular weight is 598 g/mol. The van der Waals surface area contributed by atoms with Crippen LogP contribution in [0.15, 0.2) is 59.5 Å². The number of hydrogen-bond donors (Lipinski definition) is 2. The summed E-state index contributed by atoms with van der Waals surface area (Å²) in [6.45, 7) is -3.89.